The molecule has 5 heteroatoms. The normalized spacial score (nSPS) is 25.0. The Kier molecular flexibility index (Phi) is 4.53. The number of aliphatic hydroxyl groups is 1. The third-order valence-electron chi connectivity index (χ3n) is 5.84. The minimum Gasteiger partial charge on any atom is -0.489 e. The van der Waals surface area contributed by atoms with Crippen LogP contribution in [0, 0.1) is 5.92 Å². The number of rotatable bonds is 3. The summed E-state index contributed by atoms with van der Waals surface area (Å²) in [5.41, 5.74) is 1.76. The van der Waals surface area contributed by atoms with Gasteiger partial charge in [0.15, 0.2) is 5.58 Å². The van der Waals surface area contributed by atoms with Crippen molar-refractivity contribution in [2.75, 3.05) is 0 Å². The van der Waals surface area contributed by atoms with Gasteiger partial charge in [-0.2, -0.15) is 0 Å². The van der Waals surface area contributed by atoms with Gasteiger partial charge in [0.25, 0.3) is 0 Å². The lowest BCUT2D eigenvalue weighted by atomic mass is 9.84. The lowest BCUT2D eigenvalue weighted by molar-refractivity contribution is 0.00712. The number of aryl methyl sites for hydroxylation is 1. The molecule has 150 valence electrons. The van der Waals surface area contributed by atoms with Crippen molar-refractivity contribution in [3.8, 4) is 11.5 Å². The second kappa shape index (κ2) is 6.66. The van der Waals surface area contributed by atoms with Crippen molar-refractivity contribution in [2.45, 2.75) is 71.7 Å². The predicted octanol–water partition coefficient (Wildman–Crippen LogP) is 4.77. The van der Waals surface area contributed by atoms with Gasteiger partial charge in [0.2, 0.25) is 0 Å². The highest BCUT2D eigenvalue weighted by Gasteiger charge is 2.40. The Morgan fingerprint density at radius 3 is 2.64 bits per heavy atom. The maximum atomic E-state index is 12.3. The summed E-state index contributed by atoms with van der Waals surface area (Å²) >= 11 is 0. The molecular formula is C23H28O5. The van der Waals surface area contributed by atoms with Crippen molar-refractivity contribution >= 4 is 17.0 Å². The van der Waals surface area contributed by atoms with Crippen molar-refractivity contribution in [2.24, 2.45) is 5.92 Å². The van der Waals surface area contributed by atoms with E-state index in [0.29, 0.717) is 22.6 Å². The third kappa shape index (κ3) is 2.84. The third-order valence-corrected chi connectivity index (χ3v) is 5.84. The summed E-state index contributed by atoms with van der Waals surface area (Å²) in [5.74, 6) is 1.14. The van der Waals surface area contributed by atoms with Crippen LogP contribution in [0.1, 0.15) is 70.3 Å². The van der Waals surface area contributed by atoms with Crippen LogP contribution in [0.3, 0.4) is 0 Å². The number of ether oxygens (including phenoxy) is 2. The Morgan fingerprint density at radius 2 is 1.96 bits per heavy atom. The van der Waals surface area contributed by atoms with E-state index in [1.165, 1.54) is 0 Å². The van der Waals surface area contributed by atoms with Crippen molar-refractivity contribution in [1.82, 2.24) is 0 Å². The largest absolute Gasteiger partial charge is 0.489 e. The van der Waals surface area contributed by atoms with E-state index in [9.17, 15) is 9.90 Å². The highest BCUT2D eigenvalue weighted by atomic mass is 16.5. The van der Waals surface area contributed by atoms with E-state index in [1.807, 2.05) is 39.8 Å². The van der Waals surface area contributed by atoms with Gasteiger partial charge >= 0.3 is 5.63 Å². The molecule has 1 aromatic heterocycles. The summed E-state index contributed by atoms with van der Waals surface area (Å²) in [6.45, 7) is 10.1. The van der Waals surface area contributed by atoms with Gasteiger partial charge in [-0.15, -0.1) is 0 Å². The average molecular weight is 384 g/mol. The van der Waals surface area contributed by atoms with E-state index in [4.69, 9.17) is 13.9 Å². The molecule has 0 aliphatic carbocycles. The number of fused-ring (bicyclic) bond motifs is 6. The summed E-state index contributed by atoms with van der Waals surface area (Å²) in [5, 5.41) is 11.9. The number of hydrogen-bond acceptors (Lipinski definition) is 5. The second-order valence-corrected chi connectivity index (χ2v) is 8.44. The van der Waals surface area contributed by atoms with Gasteiger partial charge in [0.1, 0.15) is 23.2 Å². The molecule has 4 rings (SSSR count). The molecule has 5 nitrogen and oxygen atoms in total. The summed E-state index contributed by atoms with van der Waals surface area (Å²) in [6, 6.07) is 1.54. The topological polar surface area (TPSA) is 68.9 Å². The average Bonchev–Trinajstić information content (AvgIpc) is 2.63. The van der Waals surface area contributed by atoms with Crippen LogP contribution in [0.25, 0.3) is 17.0 Å². The van der Waals surface area contributed by atoms with E-state index in [2.05, 4.69) is 6.92 Å². The van der Waals surface area contributed by atoms with Crippen molar-refractivity contribution in [3.05, 3.63) is 39.3 Å². The summed E-state index contributed by atoms with van der Waals surface area (Å²) in [4.78, 5) is 12.3. The Balaban J connectivity index is 2.14. The maximum Gasteiger partial charge on any atom is 0.336 e. The van der Waals surface area contributed by atoms with Gasteiger partial charge in [-0.05, 0) is 44.4 Å². The molecule has 2 aromatic rings. The summed E-state index contributed by atoms with van der Waals surface area (Å²) < 4.78 is 18.3. The molecule has 28 heavy (non-hydrogen) atoms. The first-order valence-electron chi connectivity index (χ1n) is 10.2. The molecule has 0 bridgehead atoms. The smallest absolute Gasteiger partial charge is 0.336 e. The molecule has 3 atom stereocenters. The number of hydrogen-bond donors (Lipinski definition) is 1. The maximum absolute atomic E-state index is 12.3. The van der Waals surface area contributed by atoms with E-state index >= 15 is 0 Å². The van der Waals surface area contributed by atoms with E-state index < -0.39 is 17.3 Å². The zero-order chi connectivity index (χ0) is 20.2. The Bertz CT molecular complexity index is 1010. The Labute approximate surface area is 165 Å². The zero-order valence-corrected chi connectivity index (χ0v) is 17.2. The Morgan fingerprint density at radius 1 is 1.21 bits per heavy atom. The van der Waals surface area contributed by atoms with Crippen molar-refractivity contribution in [3.63, 3.8) is 0 Å². The molecule has 0 unspecified atom stereocenters. The molecular weight excluding hydrogens is 356 g/mol. The highest BCUT2D eigenvalue weighted by Crippen LogP contribution is 2.52. The van der Waals surface area contributed by atoms with Crippen LogP contribution in [0.2, 0.25) is 0 Å². The minimum atomic E-state index is -0.773. The van der Waals surface area contributed by atoms with Crippen LogP contribution in [-0.4, -0.2) is 16.8 Å². The molecule has 2 aliphatic heterocycles. The van der Waals surface area contributed by atoms with Gasteiger partial charge in [-0.1, -0.05) is 27.2 Å². The van der Waals surface area contributed by atoms with Crippen LogP contribution in [0.5, 0.6) is 11.5 Å². The summed E-state index contributed by atoms with van der Waals surface area (Å²) in [6.07, 6.45) is 5.51. The Hall–Kier alpha value is -2.27. The van der Waals surface area contributed by atoms with E-state index in [0.717, 1.165) is 35.8 Å². The standard InChI is InChI=1S/C23H28O5/c1-6-8-13-11-16(24)27-22-17(13)21-14(9-10-23(4,5)28-21)20-18(22)19(25)12(3)15(7-2)26-20/h9-12,15,19,25H,6-8H2,1-5H3/t12-,15+,19-/m0/s1. The SMILES string of the molecule is CCCc1cc(=O)oc2c3c(c4c(c12)OC(C)(C)C=C4)O[C@H](CC)[C@H](C)[C@@H]3O. The summed E-state index contributed by atoms with van der Waals surface area (Å²) in [7, 11) is 0. The number of benzene rings is 1. The quantitative estimate of drug-likeness (QED) is 0.772. The predicted molar refractivity (Wildman–Crippen MR) is 109 cm³/mol. The fraction of sp³-hybridized carbons (Fsp3) is 0.522. The van der Waals surface area contributed by atoms with Crippen LogP contribution in [0.4, 0.5) is 0 Å². The molecule has 0 radical (unpaired) electrons. The van der Waals surface area contributed by atoms with Crippen molar-refractivity contribution in [1.29, 1.82) is 0 Å². The van der Waals surface area contributed by atoms with Gasteiger partial charge in [-0.3, -0.25) is 0 Å². The van der Waals surface area contributed by atoms with Crippen molar-refractivity contribution < 1.29 is 19.0 Å². The first kappa shape index (κ1) is 19.1. The molecule has 0 saturated carbocycles. The molecule has 2 aliphatic rings. The van der Waals surface area contributed by atoms with Crippen LogP contribution < -0.4 is 15.1 Å². The monoisotopic (exact) mass is 384 g/mol. The second-order valence-electron chi connectivity index (χ2n) is 8.44. The van der Waals surface area contributed by atoms with Crippen LogP contribution >= 0.6 is 0 Å². The molecule has 0 amide bonds. The van der Waals surface area contributed by atoms with Gasteiger partial charge < -0.3 is 19.0 Å². The first-order valence-corrected chi connectivity index (χ1v) is 10.2. The fourth-order valence-electron chi connectivity index (χ4n) is 4.35. The molecule has 0 saturated heterocycles. The van der Waals surface area contributed by atoms with E-state index in [1.54, 1.807) is 6.07 Å². The van der Waals surface area contributed by atoms with Gasteiger partial charge in [0.05, 0.1) is 22.6 Å². The van der Waals surface area contributed by atoms with Crippen LogP contribution in [-0.2, 0) is 6.42 Å². The molecule has 1 aromatic carbocycles. The lowest BCUT2D eigenvalue weighted by Gasteiger charge is -2.38. The molecule has 3 heterocycles. The highest BCUT2D eigenvalue weighted by molar-refractivity contribution is 5.97. The van der Waals surface area contributed by atoms with Gasteiger partial charge in [-0.25, -0.2) is 4.79 Å². The minimum absolute atomic E-state index is 0.108. The van der Waals surface area contributed by atoms with Crippen LogP contribution in [0.15, 0.2) is 21.4 Å². The number of aliphatic hydroxyl groups excluding tert-OH is 1. The molecule has 0 fully saturated rings. The van der Waals surface area contributed by atoms with E-state index in [-0.39, 0.29) is 12.0 Å². The fourth-order valence-corrected chi connectivity index (χ4v) is 4.35. The van der Waals surface area contributed by atoms with Gasteiger partial charge in [0, 0.05) is 12.0 Å². The zero-order valence-electron chi connectivity index (χ0n) is 17.2. The lowest BCUT2D eigenvalue weighted by Crippen LogP contribution is -2.35. The first-order chi connectivity index (χ1) is 13.3. The molecule has 0 spiro atoms. The molecule has 1 N–H and O–H groups in total.